The largest absolute Gasteiger partial charge is 0.396 e. The molecule has 0 aliphatic rings. The average Bonchev–Trinajstić information content (AvgIpc) is 2.83. The minimum Gasteiger partial charge on any atom is -0.396 e. The lowest BCUT2D eigenvalue weighted by atomic mass is 9.93. The van der Waals surface area contributed by atoms with Crippen molar-refractivity contribution in [1.29, 1.82) is 0 Å². The summed E-state index contributed by atoms with van der Waals surface area (Å²) < 4.78 is 0. The molecule has 1 aromatic heterocycles. The van der Waals surface area contributed by atoms with Crippen LogP contribution in [0.2, 0.25) is 10.0 Å². The van der Waals surface area contributed by atoms with E-state index in [-0.39, 0.29) is 27.1 Å². The molecule has 0 atom stereocenters. The number of hydrogen-bond donors (Lipinski definition) is 2. The molecule has 1 amide bonds. The maximum Gasteiger partial charge on any atom is 0.257 e. The normalized spacial score (nSPS) is 11.5. The summed E-state index contributed by atoms with van der Waals surface area (Å²) in [4.78, 5) is 16.6. The van der Waals surface area contributed by atoms with Gasteiger partial charge >= 0.3 is 0 Å². The molecule has 1 heterocycles. The molecule has 0 spiro atoms. The molecular formula is C14H15Cl2N3OS. The number of benzene rings is 1. The molecule has 0 unspecified atom stereocenters. The molecule has 0 aliphatic heterocycles. The van der Waals surface area contributed by atoms with Crippen LogP contribution in [0.3, 0.4) is 0 Å². The molecule has 2 rings (SSSR count). The first-order valence-electron chi connectivity index (χ1n) is 6.20. The quantitative estimate of drug-likeness (QED) is 0.784. The highest BCUT2D eigenvalue weighted by Crippen LogP contribution is 2.30. The van der Waals surface area contributed by atoms with Crippen LogP contribution in [-0.2, 0) is 5.41 Å². The van der Waals surface area contributed by atoms with Crippen molar-refractivity contribution in [2.75, 3.05) is 11.1 Å². The number of rotatable bonds is 2. The van der Waals surface area contributed by atoms with Gasteiger partial charge in [0, 0.05) is 16.4 Å². The summed E-state index contributed by atoms with van der Waals surface area (Å²) in [5.41, 5.74) is 7.12. The first-order chi connectivity index (χ1) is 9.68. The smallest absolute Gasteiger partial charge is 0.257 e. The molecule has 7 heteroatoms. The van der Waals surface area contributed by atoms with E-state index in [0.717, 1.165) is 5.69 Å². The van der Waals surface area contributed by atoms with Crippen molar-refractivity contribution >= 4 is 51.3 Å². The summed E-state index contributed by atoms with van der Waals surface area (Å²) in [7, 11) is 0. The van der Waals surface area contributed by atoms with Gasteiger partial charge < -0.3 is 5.73 Å². The third-order valence-electron chi connectivity index (χ3n) is 2.83. The van der Waals surface area contributed by atoms with Crippen molar-refractivity contribution in [1.82, 2.24) is 4.98 Å². The van der Waals surface area contributed by atoms with E-state index < -0.39 is 0 Å². The van der Waals surface area contributed by atoms with Crippen LogP contribution in [0.25, 0.3) is 0 Å². The number of nitrogens with one attached hydrogen (secondary N) is 1. The number of anilines is 2. The van der Waals surface area contributed by atoms with E-state index in [9.17, 15) is 4.79 Å². The molecule has 21 heavy (non-hydrogen) atoms. The maximum atomic E-state index is 12.2. The van der Waals surface area contributed by atoms with Gasteiger partial charge in [-0.2, -0.15) is 0 Å². The van der Waals surface area contributed by atoms with Crippen LogP contribution in [0, 0.1) is 0 Å². The first kappa shape index (κ1) is 16.1. The fourth-order valence-electron chi connectivity index (χ4n) is 1.56. The number of amides is 1. The predicted molar refractivity (Wildman–Crippen MR) is 89.6 cm³/mol. The van der Waals surface area contributed by atoms with Crippen molar-refractivity contribution in [3.63, 3.8) is 0 Å². The molecule has 2 aromatic rings. The second kappa shape index (κ2) is 5.83. The lowest BCUT2D eigenvalue weighted by Crippen LogP contribution is -2.14. The average molecular weight is 344 g/mol. The molecule has 0 aliphatic carbocycles. The number of nitrogens with zero attached hydrogens (tertiary/aromatic N) is 1. The van der Waals surface area contributed by atoms with Crippen LogP contribution in [0.5, 0.6) is 0 Å². The van der Waals surface area contributed by atoms with E-state index in [1.54, 1.807) is 0 Å². The molecule has 4 nitrogen and oxygen atoms in total. The first-order valence-corrected chi connectivity index (χ1v) is 7.84. The Kier molecular flexibility index (Phi) is 4.46. The van der Waals surface area contributed by atoms with Gasteiger partial charge in [0.2, 0.25) is 0 Å². The van der Waals surface area contributed by atoms with E-state index in [1.165, 1.54) is 23.5 Å². The highest BCUT2D eigenvalue weighted by Gasteiger charge is 2.19. The van der Waals surface area contributed by atoms with E-state index in [1.807, 2.05) is 5.38 Å². The van der Waals surface area contributed by atoms with Gasteiger partial charge in [-0.05, 0) is 12.1 Å². The highest BCUT2D eigenvalue weighted by atomic mass is 35.5. The minimum atomic E-state index is -0.325. The molecule has 0 saturated carbocycles. The fourth-order valence-corrected chi connectivity index (χ4v) is 2.98. The van der Waals surface area contributed by atoms with Crippen LogP contribution in [0.4, 0.5) is 10.8 Å². The van der Waals surface area contributed by atoms with E-state index >= 15 is 0 Å². The van der Waals surface area contributed by atoms with Gasteiger partial charge in [-0.15, -0.1) is 11.3 Å². The van der Waals surface area contributed by atoms with Crippen molar-refractivity contribution in [3.8, 4) is 0 Å². The lowest BCUT2D eigenvalue weighted by Gasteiger charge is -2.14. The van der Waals surface area contributed by atoms with Gasteiger partial charge in [0.05, 0.1) is 21.4 Å². The van der Waals surface area contributed by atoms with Gasteiger partial charge in [-0.3, -0.25) is 10.1 Å². The molecular weight excluding hydrogens is 329 g/mol. The zero-order chi connectivity index (χ0) is 15.8. The molecule has 112 valence electrons. The molecule has 0 fully saturated rings. The van der Waals surface area contributed by atoms with E-state index in [2.05, 4.69) is 31.1 Å². The monoisotopic (exact) mass is 343 g/mol. The SMILES string of the molecule is CC(C)(C)c1csc(NC(=O)c2cc(Cl)c(N)c(Cl)c2)n1. The number of hydrogen-bond acceptors (Lipinski definition) is 4. The fraction of sp³-hybridized carbons (Fsp3) is 0.286. The number of halogens is 2. The summed E-state index contributed by atoms with van der Waals surface area (Å²) in [5, 5.41) is 5.70. The second-order valence-electron chi connectivity index (χ2n) is 5.60. The summed E-state index contributed by atoms with van der Waals surface area (Å²) >= 11 is 13.2. The number of aromatic nitrogens is 1. The topological polar surface area (TPSA) is 68.0 Å². The van der Waals surface area contributed by atoms with Crippen LogP contribution in [0.15, 0.2) is 17.5 Å². The number of thiazole rings is 1. The van der Waals surface area contributed by atoms with Crippen molar-refractivity contribution in [2.45, 2.75) is 26.2 Å². The Morgan fingerprint density at radius 3 is 2.33 bits per heavy atom. The molecule has 0 saturated heterocycles. The summed E-state index contributed by atoms with van der Waals surface area (Å²) in [6.45, 7) is 6.19. The van der Waals surface area contributed by atoms with Crippen LogP contribution >= 0.6 is 34.5 Å². The summed E-state index contributed by atoms with van der Waals surface area (Å²) in [5.74, 6) is -0.325. The lowest BCUT2D eigenvalue weighted by molar-refractivity contribution is 0.102. The minimum absolute atomic E-state index is 0.0622. The predicted octanol–water partition coefficient (Wildman–Crippen LogP) is 4.58. The third kappa shape index (κ3) is 3.67. The Labute approximate surface area is 137 Å². The molecule has 3 N–H and O–H groups in total. The summed E-state index contributed by atoms with van der Waals surface area (Å²) in [6.07, 6.45) is 0. The zero-order valence-electron chi connectivity index (χ0n) is 11.8. The maximum absolute atomic E-state index is 12.2. The van der Waals surface area contributed by atoms with Crippen LogP contribution < -0.4 is 11.1 Å². The third-order valence-corrected chi connectivity index (χ3v) is 4.22. The number of carbonyl (C=O) groups excluding carboxylic acids is 1. The van der Waals surface area contributed by atoms with Gasteiger partial charge in [0.15, 0.2) is 5.13 Å². The number of nitrogens with two attached hydrogens (primary N) is 1. The highest BCUT2D eigenvalue weighted by molar-refractivity contribution is 7.14. The van der Waals surface area contributed by atoms with E-state index in [0.29, 0.717) is 10.7 Å². The molecule has 0 radical (unpaired) electrons. The Morgan fingerprint density at radius 2 is 1.86 bits per heavy atom. The Balaban J connectivity index is 2.20. The second-order valence-corrected chi connectivity index (χ2v) is 7.27. The number of nitrogen functional groups attached to an aromatic ring is 1. The van der Waals surface area contributed by atoms with E-state index in [4.69, 9.17) is 28.9 Å². The van der Waals surface area contributed by atoms with Gasteiger partial charge in [0.1, 0.15) is 0 Å². The Bertz CT molecular complexity index is 669. The van der Waals surface area contributed by atoms with Crippen molar-refractivity contribution < 1.29 is 4.79 Å². The molecule has 1 aromatic carbocycles. The Morgan fingerprint density at radius 1 is 1.29 bits per heavy atom. The van der Waals surface area contributed by atoms with Gasteiger partial charge in [0.25, 0.3) is 5.91 Å². The summed E-state index contributed by atoms with van der Waals surface area (Å²) in [6, 6.07) is 2.97. The standard InChI is InChI=1S/C14H15Cl2N3OS/c1-14(2,3)10-6-21-13(18-10)19-12(20)7-4-8(15)11(17)9(16)5-7/h4-6H,17H2,1-3H3,(H,18,19,20). The van der Waals surface area contributed by atoms with Gasteiger partial charge in [-0.1, -0.05) is 44.0 Å². The molecule has 0 bridgehead atoms. The van der Waals surface area contributed by atoms with Gasteiger partial charge in [-0.25, -0.2) is 4.98 Å². The van der Waals surface area contributed by atoms with Crippen molar-refractivity contribution in [3.05, 3.63) is 38.8 Å². The zero-order valence-corrected chi connectivity index (χ0v) is 14.2. The van der Waals surface area contributed by atoms with Crippen LogP contribution in [-0.4, -0.2) is 10.9 Å². The number of carbonyl (C=O) groups is 1. The van der Waals surface area contributed by atoms with Crippen LogP contribution in [0.1, 0.15) is 36.8 Å². The van der Waals surface area contributed by atoms with Crippen molar-refractivity contribution in [2.24, 2.45) is 0 Å². The Hall–Kier alpha value is -1.30.